The molecule has 0 unspecified atom stereocenters. The lowest BCUT2D eigenvalue weighted by Gasteiger charge is -2.36. The lowest BCUT2D eigenvalue weighted by atomic mass is 9.81. The van der Waals surface area contributed by atoms with Gasteiger partial charge in [0.2, 0.25) is 0 Å². The first-order chi connectivity index (χ1) is 9.67. The minimum absolute atomic E-state index is 0.395. The zero-order chi connectivity index (χ0) is 14.4. The van der Waals surface area contributed by atoms with Crippen LogP contribution in [0.3, 0.4) is 0 Å². The van der Waals surface area contributed by atoms with Gasteiger partial charge >= 0.3 is 0 Å². The average molecular weight is 275 g/mol. The molecular weight excluding hydrogens is 246 g/mol. The van der Waals surface area contributed by atoms with E-state index in [2.05, 4.69) is 48.2 Å². The molecular formula is C17H29N3. The Labute approximate surface area is 123 Å². The molecule has 2 rings (SSSR count). The molecule has 0 aromatic carbocycles. The van der Waals surface area contributed by atoms with E-state index in [-0.39, 0.29) is 0 Å². The summed E-state index contributed by atoms with van der Waals surface area (Å²) < 4.78 is 0. The van der Waals surface area contributed by atoms with Crippen LogP contribution in [0.4, 0.5) is 0 Å². The maximum Gasteiger partial charge on any atom is 0.0543 e. The molecule has 112 valence electrons. The minimum atomic E-state index is 0.395. The maximum atomic E-state index is 4.43. The summed E-state index contributed by atoms with van der Waals surface area (Å²) in [6.45, 7) is 7.87. The van der Waals surface area contributed by atoms with Crippen LogP contribution in [0.2, 0.25) is 0 Å². The molecule has 0 radical (unpaired) electrons. The highest BCUT2D eigenvalue weighted by molar-refractivity contribution is 5.03. The lowest BCUT2D eigenvalue weighted by Crippen LogP contribution is -2.42. The van der Waals surface area contributed by atoms with Crippen LogP contribution in [0.15, 0.2) is 24.4 Å². The average Bonchev–Trinajstić information content (AvgIpc) is 3.29. The van der Waals surface area contributed by atoms with Gasteiger partial charge in [0.25, 0.3) is 0 Å². The molecule has 0 atom stereocenters. The third-order valence-electron chi connectivity index (χ3n) is 4.61. The van der Waals surface area contributed by atoms with Gasteiger partial charge in [-0.25, -0.2) is 0 Å². The van der Waals surface area contributed by atoms with Gasteiger partial charge in [0.05, 0.1) is 5.69 Å². The number of aromatic nitrogens is 1. The van der Waals surface area contributed by atoms with Crippen molar-refractivity contribution in [2.75, 3.05) is 20.1 Å². The summed E-state index contributed by atoms with van der Waals surface area (Å²) in [6.07, 6.45) is 7.08. The molecule has 0 saturated heterocycles. The topological polar surface area (TPSA) is 28.2 Å². The molecule has 1 aliphatic carbocycles. The number of hydrogen-bond acceptors (Lipinski definition) is 3. The summed E-state index contributed by atoms with van der Waals surface area (Å²) >= 11 is 0. The highest BCUT2D eigenvalue weighted by Crippen LogP contribution is 2.29. The van der Waals surface area contributed by atoms with E-state index in [9.17, 15) is 0 Å². The van der Waals surface area contributed by atoms with Crippen molar-refractivity contribution in [1.82, 2.24) is 15.2 Å². The zero-order valence-electron chi connectivity index (χ0n) is 13.2. The van der Waals surface area contributed by atoms with Crippen molar-refractivity contribution in [3.63, 3.8) is 0 Å². The second-order valence-corrected chi connectivity index (χ2v) is 6.36. The first kappa shape index (κ1) is 15.5. The van der Waals surface area contributed by atoms with E-state index in [0.717, 1.165) is 31.4 Å². The molecule has 1 aromatic heterocycles. The van der Waals surface area contributed by atoms with E-state index in [0.29, 0.717) is 5.41 Å². The Hall–Kier alpha value is -0.930. The molecule has 0 amide bonds. The number of rotatable bonds is 9. The van der Waals surface area contributed by atoms with Crippen molar-refractivity contribution in [2.24, 2.45) is 5.41 Å². The lowest BCUT2D eigenvalue weighted by molar-refractivity contribution is 0.149. The van der Waals surface area contributed by atoms with E-state index in [1.54, 1.807) is 0 Å². The molecule has 1 aromatic rings. The fraction of sp³-hybridized carbons (Fsp3) is 0.706. The van der Waals surface area contributed by atoms with Gasteiger partial charge in [0, 0.05) is 31.9 Å². The van der Waals surface area contributed by atoms with Gasteiger partial charge in [-0.05, 0) is 50.3 Å². The van der Waals surface area contributed by atoms with E-state index >= 15 is 0 Å². The van der Waals surface area contributed by atoms with Crippen LogP contribution in [-0.4, -0.2) is 36.1 Å². The van der Waals surface area contributed by atoms with Gasteiger partial charge in [-0.1, -0.05) is 19.9 Å². The first-order valence-corrected chi connectivity index (χ1v) is 7.99. The highest BCUT2D eigenvalue weighted by Gasteiger charge is 2.30. The summed E-state index contributed by atoms with van der Waals surface area (Å²) in [4.78, 5) is 6.85. The Balaban J connectivity index is 1.88. The predicted molar refractivity (Wildman–Crippen MR) is 84.6 cm³/mol. The minimum Gasteiger partial charge on any atom is -0.313 e. The van der Waals surface area contributed by atoms with Crippen LogP contribution in [0.1, 0.15) is 45.2 Å². The van der Waals surface area contributed by atoms with E-state index < -0.39 is 0 Å². The van der Waals surface area contributed by atoms with Gasteiger partial charge in [-0.3, -0.25) is 9.88 Å². The molecule has 20 heavy (non-hydrogen) atoms. The molecule has 1 heterocycles. The van der Waals surface area contributed by atoms with Crippen molar-refractivity contribution in [1.29, 1.82) is 0 Å². The molecule has 3 heteroatoms. The van der Waals surface area contributed by atoms with Crippen molar-refractivity contribution >= 4 is 0 Å². The smallest absolute Gasteiger partial charge is 0.0543 e. The third-order valence-corrected chi connectivity index (χ3v) is 4.61. The van der Waals surface area contributed by atoms with Gasteiger partial charge < -0.3 is 5.32 Å². The van der Waals surface area contributed by atoms with Crippen molar-refractivity contribution in [3.05, 3.63) is 30.1 Å². The molecule has 0 aliphatic heterocycles. The quantitative estimate of drug-likeness (QED) is 0.751. The fourth-order valence-electron chi connectivity index (χ4n) is 2.82. The molecule has 3 nitrogen and oxygen atoms in total. The Morgan fingerprint density at radius 1 is 1.30 bits per heavy atom. The summed E-state index contributed by atoms with van der Waals surface area (Å²) in [5.74, 6) is 0. The monoisotopic (exact) mass is 275 g/mol. The molecule has 1 N–H and O–H groups in total. The van der Waals surface area contributed by atoms with Gasteiger partial charge in [-0.15, -0.1) is 0 Å². The van der Waals surface area contributed by atoms with Gasteiger partial charge in [0.1, 0.15) is 0 Å². The Bertz CT molecular complexity index is 382. The van der Waals surface area contributed by atoms with Gasteiger partial charge in [-0.2, -0.15) is 0 Å². The van der Waals surface area contributed by atoms with Crippen LogP contribution in [-0.2, 0) is 6.54 Å². The van der Waals surface area contributed by atoms with E-state index in [1.165, 1.54) is 25.7 Å². The normalized spacial score (nSPS) is 15.8. The summed E-state index contributed by atoms with van der Waals surface area (Å²) in [5, 5.41) is 3.73. The standard InChI is InChI=1S/C17H29N3/c1-4-17(5-2,13-19-15-9-10-15)14-20(3)12-16-8-6-7-11-18-16/h6-8,11,15,19H,4-5,9-10,12-14H2,1-3H3. The summed E-state index contributed by atoms with van der Waals surface area (Å²) in [6, 6.07) is 6.95. The zero-order valence-corrected chi connectivity index (χ0v) is 13.2. The second-order valence-electron chi connectivity index (χ2n) is 6.36. The van der Waals surface area contributed by atoms with Crippen molar-refractivity contribution in [2.45, 2.75) is 52.1 Å². The van der Waals surface area contributed by atoms with Gasteiger partial charge in [0.15, 0.2) is 0 Å². The fourth-order valence-corrected chi connectivity index (χ4v) is 2.82. The predicted octanol–water partition coefficient (Wildman–Crippen LogP) is 3.07. The highest BCUT2D eigenvalue weighted by atomic mass is 15.1. The molecule has 1 aliphatic rings. The maximum absolute atomic E-state index is 4.43. The number of nitrogens with one attached hydrogen (secondary N) is 1. The molecule has 1 saturated carbocycles. The van der Waals surface area contributed by atoms with Crippen LogP contribution < -0.4 is 5.32 Å². The second kappa shape index (κ2) is 7.19. The third kappa shape index (κ3) is 4.57. The van der Waals surface area contributed by atoms with Crippen molar-refractivity contribution in [3.8, 4) is 0 Å². The first-order valence-electron chi connectivity index (χ1n) is 7.99. The largest absolute Gasteiger partial charge is 0.313 e. The molecule has 1 fully saturated rings. The number of nitrogens with zero attached hydrogens (tertiary/aromatic N) is 2. The Morgan fingerprint density at radius 3 is 2.60 bits per heavy atom. The molecule has 0 spiro atoms. The summed E-state index contributed by atoms with van der Waals surface area (Å²) in [5.41, 5.74) is 1.55. The molecule has 0 bridgehead atoms. The Morgan fingerprint density at radius 2 is 2.05 bits per heavy atom. The van der Waals surface area contributed by atoms with Crippen LogP contribution in [0.5, 0.6) is 0 Å². The summed E-state index contributed by atoms with van der Waals surface area (Å²) in [7, 11) is 2.21. The van der Waals surface area contributed by atoms with Crippen LogP contribution in [0.25, 0.3) is 0 Å². The number of pyridine rings is 1. The number of hydrogen-bond donors (Lipinski definition) is 1. The van der Waals surface area contributed by atoms with E-state index in [1.807, 2.05) is 12.3 Å². The van der Waals surface area contributed by atoms with Crippen LogP contribution in [0, 0.1) is 5.41 Å². The SMILES string of the molecule is CCC(CC)(CNC1CC1)CN(C)Cc1ccccn1. The Kier molecular flexibility index (Phi) is 5.55. The van der Waals surface area contributed by atoms with Crippen LogP contribution >= 0.6 is 0 Å². The van der Waals surface area contributed by atoms with E-state index in [4.69, 9.17) is 0 Å². The van der Waals surface area contributed by atoms with Crippen molar-refractivity contribution < 1.29 is 0 Å².